The monoisotopic (exact) mass is 375 g/mol. The minimum absolute atomic E-state index is 0.0170. The van der Waals surface area contributed by atoms with Crippen LogP contribution in [0.15, 0.2) is 29.2 Å². The third kappa shape index (κ3) is 4.25. The Bertz CT molecular complexity index is 777. The Morgan fingerprint density at radius 1 is 1.08 bits per heavy atom. The maximum atomic E-state index is 12.9. The van der Waals surface area contributed by atoms with Crippen LogP contribution in [0.4, 0.5) is 0 Å². The van der Waals surface area contributed by atoms with Gasteiger partial charge in [-0.1, -0.05) is 19.3 Å². The number of piperidine rings is 1. The zero-order valence-corrected chi connectivity index (χ0v) is 15.7. The Balaban J connectivity index is 1.66. The minimum Gasteiger partial charge on any atom is -0.353 e. The molecule has 140 valence electrons. The number of rotatable bonds is 4. The van der Waals surface area contributed by atoms with E-state index in [0.717, 1.165) is 32.1 Å². The van der Waals surface area contributed by atoms with E-state index >= 15 is 0 Å². The first-order valence-electron chi connectivity index (χ1n) is 9.31. The molecule has 1 saturated heterocycles. The predicted molar refractivity (Wildman–Crippen MR) is 97.7 cm³/mol. The van der Waals surface area contributed by atoms with Crippen molar-refractivity contribution in [2.75, 3.05) is 13.1 Å². The molecular formula is C19H25N3O3S. The molecule has 1 aromatic carbocycles. The van der Waals surface area contributed by atoms with Crippen LogP contribution < -0.4 is 5.32 Å². The molecule has 2 fully saturated rings. The highest BCUT2D eigenvalue weighted by Gasteiger charge is 2.34. The lowest BCUT2D eigenvalue weighted by Gasteiger charge is -2.32. The molecule has 1 amide bonds. The first-order chi connectivity index (χ1) is 12.5. The van der Waals surface area contributed by atoms with Crippen molar-refractivity contribution < 1.29 is 13.2 Å². The number of hydrogen-bond acceptors (Lipinski definition) is 4. The molecule has 26 heavy (non-hydrogen) atoms. The molecule has 1 aliphatic heterocycles. The quantitative estimate of drug-likeness (QED) is 0.875. The molecule has 0 spiro atoms. The zero-order valence-electron chi connectivity index (χ0n) is 14.9. The second-order valence-corrected chi connectivity index (χ2v) is 9.12. The van der Waals surface area contributed by atoms with Crippen molar-refractivity contribution in [1.29, 1.82) is 5.26 Å². The molecule has 7 heteroatoms. The van der Waals surface area contributed by atoms with Gasteiger partial charge in [0.1, 0.15) is 0 Å². The summed E-state index contributed by atoms with van der Waals surface area (Å²) in [6, 6.07) is 8.15. The number of carbonyl (C=O) groups is 1. The molecule has 0 bridgehead atoms. The fourth-order valence-corrected chi connectivity index (χ4v) is 5.32. The number of amides is 1. The van der Waals surface area contributed by atoms with Crippen molar-refractivity contribution in [3.8, 4) is 6.07 Å². The van der Waals surface area contributed by atoms with Crippen molar-refractivity contribution >= 4 is 15.9 Å². The van der Waals surface area contributed by atoms with Crippen molar-refractivity contribution in [2.45, 2.75) is 55.9 Å². The number of sulfonamides is 1. The average Bonchev–Trinajstić information content (AvgIpc) is 2.69. The normalized spacial score (nSPS) is 22.5. The molecule has 0 aromatic heterocycles. The fourth-order valence-electron chi connectivity index (χ4n) is 3.79. The van der Waals surface area contributed by atoms with Crippen LogP contribution in [0, 0.1) is 17.2 Å². The summed E-state index contributed by atoms with van der Waals surface area (Å²) in [6.45, 7) is 0.649. The summed E-state index contributed by atoms with van der Waals surface area (Å²) in [5, 5.41) is 12.0. The standard InChI is InChI=1S/C19H25N3O3S/c20-13-15-8-10-18(11-9-15)26(24,25)22-12-4-5-16(14-22)19(23)21-17-6-2-1-3-7-17/h8-11,16-17H,1-7,12,14H2,(H,21,23)/t16-/m0/s1. The van der Waals surface area contributed by atoms with Gasteiger partial charge in [0, 0.05) is 19.1 Å². The van der Waals surface area contributed by atoms with Crippen LogP contribution in [0.25, 0.3) is 0 Å². The molecule has 6 nitrogen and oxygen atoms in total. The van der Waals surface area contributed by atoms with Gasteiger partial charge in [0.05, 0.1) is 22.4 Å². The first kappa shape index (κ1) is 18.9. The number of benzene rings is 1. The van der Waals surface area contributed by atoms with Crippen molar-refractivity contribution in [3.63, 3.8) is 0 Å². The largest absolute Gasteiger partial charge is 0.353 e. The van der Waals surface area contributed by atoms with E-state index in [0.29, 0.717) is 18.5 Å². The SMILES string of the molecule is N#Cc1ccc(S(=O)(=O)N2CCC[C@H](C(=O)NC3CCCCC3)C2)cc1. The Labute approximate surface area is 155 Å². The highest BCUT2D eigenvalue weighted by Crippen LogP contribution is 2.25. The Kier molecular flexibility index (Phi) is 5.94. The molecule has 1 N–H and O–H groups in total. The molecule has 1 heterocycles. The summed E-state index contributed by atoms with van der Waals surface area (Å²) in [4.78, 5) is 12.8. The minimum atomic E-state index is -3.64. The summed E-state index contributed by atoms with van der Waals surface area (Å²) >= 11 is 0. The maximum absolute atomic E-state index is 12.9. The lowest BCUT2D eigenvalue weighted by atomic mass is 9.93. The first-order valence-corrected chi connectivity index (χ1v) is 10.8. The third-order valence-corrected chi connectivity index (χ3v) is 7.21. The van der Waals surface area contributed by atoms with E-state index in [9.17, 15) is 13.2 Å². The van der Waals surface area contributed by atoms with E-state index < -0.39 is 10.0 Å². The summed E-state index contributed by atoms with van der Waals surface area (Å²) in [5.41, 5.74) is 0.423. The van der Waals surface area contributed by atoms with E-state index in [-0.39, 0.29) is 29.3 Å². The van der Waals surface area contributed by atoms with Gasteiger partial charge in [-0.05, 0) is 49.9 Å². The third-order valence-electron chi connectivity index (χ3n) is 5.33. The van der Waals surface area contributed by atoms with Crippen LogP contribution in [0.1, 0.15) is 50.5 Å². The average molecular weight is 375 g/mol. The number of hydrogen-bond donors (Lipinski definition) is 1. The maximum Gasteiger partial charge on any atom is 0.243 e. The lowest BCUT2D eigenvalue weighted by molar-refractivity contribution is -0.127. The molecular weight excluding hydrogens is 350 g/mol. The van der Waals surface area contributed by atoms with E-state index in [4.69, 9.17) is 5.26 Å². The van der Waals surface area contributed by atoms with E-state index in [1.165, 1.54) is 35.0 Å². The Morgan fingerprint density at radius 2 is 1.77 bits per heavy atom. The molecule has 1 aromatic rings. The summed E-state index contributed by atoms with van der Waals surface area (Å²) < 4.78 is 27.1. The number of nitriles is 1. The van der Waals surface area contributed by atoms with Crippen LogP contribution in [-0.4, -0.2) is 37.8 Å². The van der Waals surface area contributed by atoms with Gasteiger partial charge in [0.15, 0.2) is 0 Å². The molecule has 0 unspecified atom stereocenters. The Hall–Kier alpha value is -1.91. The van der Waals surface area contributed by atoms with Crippen molar-refractivity contribution in [2.24, 2.45) is 5.92 Å². The van der Waals surface area contributed by atoms with Gasteiger partial charge in [-0.3, -0.25) is 4.79 Å². The van der Waals surface area contributed by atoms with Gasteiger partial charge in [-0.25, -0.2) is 8.42 Å². The van der Waals surface area contributed by atoms with Crippen LogP contribution >= 0.6 is 0 Å². The van der Waals surface area contributed by atoms with Crippen molar-refractivity contribution in [1.82, 2.24) is 9.62 Å². The number of carbonyl (C=O) groups excluding carboxylic acids is 1. The van der Waals surface area contributed by atoms with E-state index in [2.05, 4.69) is 5.32 Å². The second kappa shape index (κ2) is 8.19. The van der Waals surface area contributed by atoms with Crippen LogP contribution in [-0.2, 0) is 14.8 Å². The molecule has 1 aliphatic carbocycles. The zero-order chi connectivity index (χ0) is 18.6. The summed E-state index contributed by atoms with van der Waals surface area (Å²) in [6.07, 6.45) is 6.96. The molecule has 0 radical (unpaired) electrons. The van der Waals surface area contributed by atoms with Gasteiger partial charge in [-0.2, -0.15) is 9.57 Å². The molecule has 3 rings (SSSR count). The fraction of sp³-hybridized carbons (Fsp3) is 0.579. The van der Waals surface area contributed by atoms with Crippen LogP contribution in [0.2, 0.25) is 0 Å². The molecule has 1 saturated carbocycles. The van der Waals surface area contributed by atoms with Crippen molar-refractivity contribution in [3.05, 3.63) is 29.8 Å². The smallest absolute Gasteiger partial charge is 0.243 e. The summed E-state index contributed by atoms with van der Waals surface area (Å²) in [7, 11) is -3.64. The highest BCUT2D eigenvalue weighted by atomic mass is 32.2. The number of nitrogens with one attached hydrogen (secondary N) is 1. The second-order valence-electron chi connectivity index (χ2n) is 7.18. The van der Waals surface area contributed by atoms with Gasteiger partial charge in [0.25, 0.3) is 0 Å². The van der Waals surface area contributed by atoms with Gasteiger partial charge >= 0.3 is 0 Å². The van der Waals surface area contributed by atoms with Gasteiger partial charge in [0.2, 0.25) is 15.9 Å². The lowest BCUT2D eigenvalue weighted by Crippen LogP contribution is -2.47. The van der Waals surface area contributed by atoms with Gasteiger partial charge < -0.3 is 5.32 Å². The van der Waals surface area contributed by atoms with Gasteiger partial charge in [-0.15, -0.1) is 0 Å². The highest BCUT2D eigenvalue weighted by molar-refractivity contribution is 7.89. The van der Waals surface area contributed by atoms with E-state index in [1.54, 1.807) is 0 Å². The molecule has 2 aliphatic rings. The van der Waals surface area contributed by atoms with Crippen LogP contribution in [0.3, 0.4) is 0 Å². The number of nitrogens with zero attached hydrogens (tertiary/aromatic N) is 2. The predicted octanol–water partition coefficient (Wildman–Crippen LogP) is 2.41. The van der Waals surface area contributed by atoms with Crippen LogP contribution in [0.5, 0.6) is 0 Å². The topological polar surface area (TPSA) is 90.3 Å². The molecule has 1 atom stereocenters. The Morgan fingerprint density at radius 3 is 2.42 bits per heavy atom. The summed E-state index contributed by atoms with van der Waals surface area (Å²) in [5.74, 6) is -0.310. The van der Waals surface area contributed by atoms with E-state index in [1.807, 2.05) is 6.07 Å².